The predicted octanol–water partition coefficient (Wildman–Crippen LogP) is 3.30. The van der Waals surface area contributed by atoms with E-state index in [0.29, 0.717) is 0 Å². The molecule has 2 aromatic carbocycles. The molecule has 1 aromatic heterocycles. The largest absolute Gasteiger partial charge is 0.497 e. The molecule has 0 fully saturated rings. The van der Waals surface area contributed by atoms with Crippen molar-refractivity contribution in [2.24, 2.45) is 0 Å². The van der Waals surface area contributed by atoms with Crippen molar-refractivity contribution in [2.45, 2.75) is 5.92 Å². The van der Waals surface area contributed by atoms with Crippen LogP contribution >= 0.6 is 0 Å². The van der Waals surface area contributed by atoms with Gasteiger partial charge in [-0.15, -0.1) is 0 Å². The molecule has 3 heteroatoms. The van der Waals surface area contributed by atoms with E-state index in [1.165, 1.54) is 0 Å². The van der Waals surface area contributed by atoms with Gasteiger partial charge in [0.15, 0.2) is 0 Å². The molecule has 0 amide bonds. The van der Waals surface area contributed by atoms with Gasteiger partial charge in [-0.2, -0.15) is 0 Å². The number of aliphatic hydroxyl groups excluding tert-OH is 1. The lowest BCUT2D eigenvalue weighted by molar-refractivity contribution is 0.281. The summed E-state index contributed by atoms with van der Waals surface area (Å²) in [5.74, 6) is 0.792. The predicted molar refractivity (Wildman–Crippen MR) is 80.2 cm³/mol. The number of H-pyrrole nitrogens is 1. The van der Waals surface area contributed by atoms with Crippen molar-refractivity contribution < 1.29 is 9.84 Å². The van der Waals surface area contributed by atoms with E-state index in [-0.39, 0.29) is 12.5 Å². The lowest BCUT2D eigenvalue weighted by atomic mass is 9.92. The second-order valence-electron chi connectivity index (χ2n) is 4.80. The van der Waals surface area contributed by atoms with Crippen LogP contribution in [0.2, 0.25) is 0 Å². The summed E-state index contributed by atoms with van der Waals surface area (Å²) in [5.41, 5.74) is 3.25. The van der Waals surface area contributed by atoms with E-state index in [4.69, 9.17) is 4.74 Å². The third-order valence-corrected chi connectivity index (χ3v) is 3.68. The van der Waals surface area contributed by atoms with Crippen molar-refractivity contribution in [3.8, 4) is 5.75 Å². The molecule has 0 aliphatic carbocycles. The number of aromatic nitrogens is 1. The molecule has 2 N–H and O–H groups in total. The number of fused-ring (bicyclic) bond motifs is 1. The maximum atomic E-state index is 9.79. The molecule has 0 bridgehead atoms. The Hall–Kier alpha value is -2.26. The summed E-state index contributed by atoms with van der Waals surface area (Å²) in [7, 11) is 1.66. The standard InChI is InChI=1S/C17H17NO2/c1-20-13-7-8-17-14(9-13)15(10-18-17)16(11-19)12-5-3-2-4-6-12/h2-10,16,18-19H,11H2,1H3. The minimum absolute atomic E-state index is 0.0305. The molecule has 3 aromatic rings. The molecule has 0 aliphatic heterocycles. The molecule has 0 aliphatic rings. The Kier molecular flexibility index (Phi) is 3.44. The number of nitrogens with one attached hydrogen (secondary N) is 1. The lowest BCUT2D eigenvalue weighted by Gasteiger charge is -2.14. The van der Waals surface area contributed by atoms with Crippen LogP contribution in [0.5, 0.6) is 5.75 Å². The molecule has 20 heavy (non-hydrogen) atoms. The number of aromatic amines is 1. The fourth-order valence-electron chi connectivity index (χ4n) is 2.61. The number of methoxy groups -OCH3 is 1. The number of benzene rings is 2. The second kappa shape index (κ2) is 5.39. The Balaban J connectivity index is 2.12. The van der Waals surface area contributed by atoms with Crippen molar-refractivity contribution in [2.75, 3.05) is 13.7 Å². The average molecular weight is 267 g/mol. The molecule has 0 spiro atoms. The Labute approximate surface area is 117 Å². The van der Waals surface area contributed by atoms with Crippen molar-refractivity contribution in [3.63, 3.8) is 0 Å². The van der Waals surface area contributed by atoms with E-state index in [0.717, 1.165) is 27.8 Å². The Morgan fingerprint density at radius 1 is 1.15 bits per heavy atom. The Morgan fingerprint density at radius 2 is 1.95 bits per heavy atom. The van der Waals surface area contributed by atoms with Gasteiger partial charge in [-0.3, -0.25) is 0 Å². The molecule has 3 nitrogen and oxygen atoms in total. The van der Waals surface area contributed by atoms with Crippen LogP contribution in [0.25, 0.3) is 10.9 Å². The molecule has 0 radical (unpaired) electrons. The van der Waals surface area contributed by atoms with Crippen LogP contribution in [0.3, 0.4) is 0 Å². The first-order valence-corrected chi connectivity index (χ1v) is 6.64. The molecule has 0 saturated carbocycles. The number of hydrogen-bond acceptors (Lipinski definition) is 2. The Morgan fingerprint density at radius 3 is 2.65 bits per heavy atom. The summed E-state index contributed by atoms with van der Waals surface area (Å²) in [4.78, 5) is 3.26. The molecule has 0 saturated heterocycles. The third-order valence-electron chi connectivity index (χ3n) is 3.68. The first kappa shape index (κ1) is 12.8. The zero-order valence-corrected chi connectivity index (χ0v) is 11.3. The number of rotatable bonds is 4. The normalized spacial score (nSPS) is 12.5. The lowest BCUT2D eigenvalue weighted by Crippen LogP contribution is -2.05. The highest BCUT2D eigenvalue weighted by molar-refractivity contribution is 5.85. The van der Waals surface area contributed by atoms with E-state index >= 15 is 0 Å². The first-order valence-electron chi connectivity index (χ1n) is 6.64. The van der Waals surface area contributed by atoms with E-state index in [9.17, 15) is 5.11 Å². The fraction of sp³-hybridized carbons (Fsp3) is 0.176. The number of ether oxygens (including phenoxy) is 1. The van der Waals surface area contributed by atoms with Crippen LogP contribution < -0.4 is 4.74 Å². The van der Waals surface area contributed by atoms with Crippen LogP contribution in [0.15, 0.2) is 54.7 Å². The summed E-state index contributed by atoms with van der Waals surface area (Å²) in [5, 5.41) is 10.9. The van der Waals surface area contributed by atoms with Crippen LogP contribution in [-0.4, -0.2) is 23.8 Å². The van der Waals surface area contributed by atoms with Gasteiger partial charge in [0.1, 0.15) is 5.75 Å². The quantitative estimate of drug-likeness (QED) is 0.761. The average Bonchev–Trinajstić information content (AvgIpc) is 2.92. The molecular formula is C17H17NO2. The summed E-state index contributed by atoms with van der Waals surface area (Å²) in [6, 6.07) is 16.0. The van der Waals surface area contributed by atoms with Crippen LogP contribution in [0, 0.1) is 0 Å². The van der Waals surface area contributed by atoms with Gasteiger partial charge < -0.3 is 14.8 Å². The third kappa shape index (κ3) is 2.17. The molecule has 1 atom stereocenters. The monoisotopic (exact) mass is 267 g/mol. The molecule has 1 unspecified atom stereocenters. The van der Waals surface area contributed by atoms with Gasteiger partial charge in [-0.05, 0) is 29.3 Å². The second-order valence-corrected chi connectivity index (χ2v) is 4.80. The van der Waals surface area contributed by atoms with Crippen molar-refractivity contribution in [3.05, 3.63) is 65.9 Å². The molecule has 1 heterocycles. The van der Waals surface area contributed by atoms with E-state index in [1.807, 2.05) is 54.7 Å². The van der Waals surface area contributed by atoms with Crippen molar-refractivity contribution >= 4 is 10.9 Å². The van der Waals surface area contributed by atoms with Gasteiger partial charge in [-0.1, -0.05) is 30.3 Å². The highest BCUT2D eigenvalue weighted by Crippen LogP contribution is 2.32. The Bertz CT molecular complexity index is 703. The number of aliphatic hydroxyl groups is 1. The van der Waals surface area contributed by atoms with Gasteiger partial charge in [0, 0.05) is 23.0 Å². The summed E-state index contributed by atoms with van der Waals surface area (Å²) < 4.78 is 5.29. The van der Waals surface area contributed by atoms with E-state index in [2.05, 4.69) is 4.98 Å². The van der Waals surface area contributed by atoms with Crippen molar-refractivity contribution in [1.29, 1.82) is 0 Å². The van der Waals surface area contributed by atoms with Gasteiger partial charge in [-0.25, -0.2) is 0 Å². The maximum absolute atomic E-state index is 9.79. The minimum Gasteiger partial charge on any atom is -0.497 e. The van der Waals surface area contributed by atoms with Crippen LogP contribution in [0.1, 0.15) is 17.0 Å². The van der Waals surface area contributed by atoms with Gasteiger partial charge in [0.2, 0.25) is 0 Å². The summed E-state index contributed by atoms with van der Waals surface area (Å²) >= 11 is 0. The zero-order valence-electron chi connectivity index (χ0n) is 11.3. The van der Waals surface area contributed by atoms with Crippen LogP contribution in [-0.2, 0) is 0 Å². The van der Waals surface area contributed by atoms with Gasteiger partial charge in [0.25, 0.3) is 0 Å². The minimum atomic E-state index is -0.0305. The fourth-order valence-corrected chi connectivity index (χ4v) is 2.61. The summed E-state index contributed by atoms with van der Waals surface area (Å²) in [6.45, 7) is 0.0776. The van der Waals surface area contributed by atoms with Gasteiger partial charge >= 0.3 is 0 Å². The van der Waals surface area contributed by atoms with Crippen LogP contribution in [0.4, 0.5) is 0 Å². The molecular weight excluding hydrogens is 250 g/mol. The molecule has 102 valence electrons. The highest BCUT2D eigenvalue weighted by Gasteiger charge is 2.17. The van der Waals surface area contributed by atoms with Crippen molar-refractivity contribution in [1.82, 2.24) is 4.98 Å². The SMILES string of the molecule is COc1ccc2[nH]cc(C(CO)c3ccccc3)c2c1. The smallest absolute Gasteiger partial charge is 0.119 e. The highest BCUT2D eigenvalue weighted by atomic mass is 16.5. The first-order chi connectivity index (χ1) is 9.83. The summed E-state index contributed by atoms with van der Waals surface area (Å²) in [6.07, 6.45) is 1.97. The zero-order chi connectivity index (χ0) is 13.9. The van der Waals surface area contributed by atoms with Gasteiger partial charge in [0.05, 0.1) is 13.7 Å². The number of hydrogen-bond donors (Lipinski definition) is 2. The van der Waals surface area contributed by atoms with E-state index < -0.39 is 0 Å². The van der Waals surface area contributed by atoms with E-state index in [1.54, 1.807) is 7.11 Å². The maximum Gasteiger partial charge on any atom is 0.119 e. The topological polar surface area (TPSA) is 45.2 Å². The molecule has 3 rings (SSSR count).